The van der Waals surface area contributed by atoms with E-state index in [0.29, 0.717) is 15.1 Å². The maximum absolute atomic E-state index is 11.9. The van der Waals surface area contributed by atoms with Gasteiger partial charge in [-0.2, -0.15) is 0 Å². The number of carbonyl (C=O) groups is 2. The highest BCUT2D eigenvalue weighted by atomic mass is 79.9. The molecule has 0 unspecified atom stereocenters. The number of amides is 1. The van der Waals surface area contributed by atoms with Crippen LogP contribution in [0.2, 0.25) is 5.02 Å². The van der Waals surface area contributed by atoms with E-state index in [4.69, 9.17) is 11.6 Å². The summed E-state index contributed by atoms with van der Waals surface area (Å²) >= 11 is 9.22. The van der Waals surface area contributed by atoms with Crippen LogP contribution < -0.4 is 5.32 Å². The summed E-state index contributed by atoms with van der Waals surface area (Å²) in [4.78, 5) is 23.2. The average molecular weight is 393 g/mol. The maximum atomic E-state index is 11.9. The summed E-state index contributed by atoms with van der Waals surface area (Å²) in [5.74, 6) is -1.72. The quantitative estimate of drug-likeness (QED) is 0.666. The lowest BCUT2D eigenvalue weighted by atomic mass is 10.0. The third-order valence-electron chi connectivity index (χ3n) is 3.04. The molecule has 0 aromatic heterocycles. The van der Waals surface area contributed by atoms with Crippen LogP contribution in [0.25, 0.3) is 0 Å². The Balaban J connectivity index is 2.80. The Labute approximate surface area is 142 Å². The van der Waals surface area contributed by atoms with Gasteiger partial charge >= 0.3 is 5.97 Å². The molecule has 0 bridgehead atoms. The van der Waals surface area contributed by atoms with Gasteiger partial charge in [0.1, 0.15) is 12.1 Å². The number of rotatable bonds is 7. The average Bonchev–Trinajstić information content (AvgIpc) is 2.40. The van der Waals surface area contributed by atoms with Crippen molar-refractivity contribution in [3.05, 3.63) is 33.3 Å². The van der Waals surface area contributed by atoms with Crippen LogP contribution in [0, 0.1) is 5.92 Å². The molecule has 0 spiro atoms. The fourth-order valence-electron chi connectivity index (χ4n) is 1.94. The van der Waals surface area contributed by atoms with Gasteiger partial charge in [0.05, 0.1) is 0 Å². The SMILES string of the molecule is CC(C)C[C@H](O)C(=O)N[C@H](Cc1cc(Cl)ccc1Br)C(=O)O. The lowest BCUT2D eigenvalue weighted by Gasteiger charge is -2.19. The van der Waals surface area contributed by atoms with Gasteiger partial charge in [0.2, 0.25) is 5.91 Å². The Hall–Kier alpha value is -1.11. The maximum Gasteiger partial charge on any atom is 0.326 e. The normalized spacial score (nSPS) is 13.7. The number of aliphatic hydroxyl groups excluding tert-OH is 1. The highest BCUT2D eigenvalue weighted by molar-refractivity contribution is 9.10. The Bertz CT molecular complexity index is 550. The summed E-state index contributed by atoms with van der Waals surface area (Å²) in [5.41, 5.74) is 0.665. The van der Waals surface area contributed by atoms with Crippen molar-refractivity contribution in [1.29, 1.82) is 0 Å². The molecular weight excluding hydrogens is 374 g/mol. The van der Waals surface area contributed by atoms with Gasteiger partial charge in [-0.05, 0) is 36.1 Å². The molecule has 0 saturated heterocycles. The van der Waals surface area contributed by atoms with Gasteiger partial charge in [0.25, 0.3) is 0 Å². The Morgan fingerprint density at radius 3 is 2.55 bits per heavy atom. The molecule has 0 saturated carbocycles. The van der Waals surface area contributed by atoms with Crippen LogP contribution in [0.5, 0.6) is 0 Å². The summed E-state index contributed by atoms with van der Waals surface area (Å²) in [6.45, 7) is 3.74. The first-order valence-electron chi connectivity index (χ1n) is 6.86. The predicted molar refractivity (Wildman–Crippen MR) is 87.9 cm³/mol. The number of carboxylic acid groups (broad SMARTS) is 1. The highest BCUT2D eigenvalue weighted by Gasteiger charge is 2.25. The van der Waals surface area contributed by atoms with Crippen molar-refractivity contribution in [3.63, 3.8) is 0 Å². The van der Waals surface area contributed by atoms with Gasteiger partial charge in [-0.15, -0.1) is 0 Å². The zero-order valence-corrected chi connectivity index (χ0v) is 14.7. The van der Waals surface area contributed by atoms with Crippen molar-refractivity contribution < 1.29 is 19.8 Å². The zero-order valence-electron chi connectivity index (χ0n) is 12.3. The van der Waals surface area contributed by atoms with Gasteiger partial charge in [-0.1, -0.05) is 41.4 Å². The Morgan fingerprint density at radius 1 is 1.36 bits per heavy atom. The zero-order chi connectivity index (χ0) is 16.9. The lowest BCUT2D eigenvalue weighted by Crippen LogP contribution is -2.47. The van der Waals surface area contributed by atoms with Crippen LogP contribution >= 0.6 is 27.5 Å². The first kappa shape index (κ1) is 18.9. The summed E-state index contributed by atoms with van der Waals surface area (Å²) in [6, 6.07) is 3.89. The minimum atomic E-state index is -1.22. The number of aliphatic hydroxyl groups is 1. The van der Waals surface area contributed by atoms with E-state index in [1.807, 2.05) is 13.8 Å². The Kier molecular flexibility index (Phi) is 7.32. The van der Waals surface area contributed by atoms with Gasteiger partial charge < -0.3 is 15.5 Å². The van der Waals surface area contributed by atoms with Crippen LogP contribution in [0.3, 0.4) is 0 Å². The minimum Gasteiger partial charge on any atom is -0.480 e. The lowest BCUT2D eigenvalue weighted by molar-refractivity contribution is -0.143. The van der Waals surface area contributed by atoms with E-state index in [2.05, 4.69) is 21.2 Å². The van der Waals surface area contributed by atoms with E-state index in [9.17, 15) is 19.8 Å². The molecule has 0 heterocycles. The molecule has 0 aliphatic carbocycles. The molecule has 1 aromatic rings. The summed E-state index contributed by atoms with van der Waals surface area (Å²) in [7, 11) is 0. The molecule has 3 N–H and O–H groups in total. The second-order valence-corrected chi connectivity index (χ2v) is 6.78. The highest BCUT2D eigenvalue weighted by Crippen LogP contribution is 2.22. The summed E-state index contributed by atoms with van der Waals surface area (Å²) in [5, 5.41) is 21.9. The van der Waals surface area contributed by atoms with E-state index >= 15 is 0 Å². The number of carboxylic acids is 1. The Morgan fingerprint density at radius 2 is 2.00 bits per heavy atom. The van der Waals surface area contributed by atoms with Gasteiger partial charge in [0.15, 0.2) is 0 Å². The van der Waals surface area contributed by atoms with E-state index in [1.54, 1.807) is 18.2 Å². The fraction of sp³-hybridized carbons (Fsp3) is 0.467. The number of aliphatic carboxylic acids is 1. The topological polar surface area (TPSA) is 86.6 Å². The second-order valence-electron chi connectivity index (χ2n) is 5.48. The molecule has 1 amide bonds. The number of halogens is 2. The van der Waals surface area contributed by atoms with Crippen molar-refractivity contribution in [1.82, 2.24) is 5.32 Å². The standard InChI is InChI=1S/C15H19BrClNO4/c1-8(2)5-13(19)14(20)18-12(15(21)22)7-9-6-10(17)3-4-11(9)16/h3-4,6,8,12-13,19H,5,7H2,1-2H3,(H,18,20)(H,21,22)/t12-,13+/m1/s1. The third kappa shape index (κ3) is 5.94. The van der Waals surface area contributed by atoms with E-state index < -0.39 is 24.0 Å². The first-order valence-corrected chi connectivity index (χ1v) is 8.03. The van der Waals surface area contributed by atoms with Crippen molar-refractivity contribution >= 4 is 39.4 Å². The van der Waals surface area contributed by atoms with Gasteiger partial charge in [-0.25, -0.2) is 4.79 Å². The van der Waals surface area contributed by atoms with E-state index in [0.717, 1.165) is 0 Å². The number of hydrogen-bond acceptors (Lipinski definition) is 3. The number of nitrogens with one attached hydrogen (secondary N) is 1. The minimum absolute atomic E-state index is 0.0661. The molecule has 0 aliphatic heterocycles. The van der Waals surface area contributed by atoms with E-state index in [1.165, 1.54) is 0 Å². The van der Waals surface area contributed by atoms with Gasteiger partial charge in [-0.3, -0.25) is 4.79 Å². The molecule has 0 fully saturated rings. The molecule has 1 rings (SSSR count). The largest absolute Gasteiger partial charge is 0.480 e. The van der Waals surface area contributed by atoms with E-state index in [-0.39, 0.29) is 18.8 Å². The van der Waals surface area contributed by atoms with Crippen LogP contribution in [0.15, 0.2) is 22.7 Å². The molecule has 1 aromatic carbocycles. The second kappa shape index (κ2) is 8.50. The molecule has 5 nitrogen and oxygen atoms in total. The molecule has 0 aliphatic rings. The third-order valence-corrected chi connectivity index (χ3v) is 4.05. The first-order chi connectivity index (χ1) is 10.2. The summed E-state index contributed by atoms with van der Waals surface area (Å²) < 4.78 is 0.708. The fourth-order valence-corrected chi connectivity index (χ4v) is 2.54. The summed E-state index contributed by atoms with van der Waals surface area (Å²) in [6.07, 6.45) is -0.875. The monoisotopic (exact) mass is 391 g/mol. The van der Waals surface area contributed by atoms with Crippen LogP contribution in [0.1, 0.15) is 25.8 Å². The van der Waals surface area contributed by atoms with Crippen molar-refractivity contribution in [2.45, 2.75) is 38.8 Å². The van der Waals surface area contributed by atoms with Crippen molar-refractivity contribution in [3.8, 4) is 0 Å². The predicted octanol–water partition coefficient (Wildman–Crippen LogP) is 2.62. The van der Waals surface area contributed by atoms with Crippen molar-refractivity contribution in [2.75, 3.05) is 0 Å². The molecule has 22 heavy (non-hydrogen) atoms. The molecular formula is C15H19BrClNO4. The molecule has 0 radical (unpaired) electrons. The molecule has 122 valence electrons. The number of benzene rings is 1. The van der Waals surface area contributed by atoms with Gasteiger partial charge in [0, 0.05) is 15.9 Å². The molecule has 2 atom stereocenters. The van der Waals surface area contributed by atoms with Crippen LogP contribution in [0.4, 0.5) is 0 Å². The van der Waals surface area contributed by atoms with Crippen LogP contribution in [-0.2, 0) is 16.0 Å². The number of carbonyl (C=O) groups excluding carboxylic acids is 1. The van der Waals surface area contributed by atoms with Crippen molar-refractivity contribution in [2.24, 2.45) is 5.92 Å². The number of hydrogen-bond donors (Lipinski definition) is 3. The van der Waals surface area contributed by atoms with Crippen LogP contribution in [-0.4, -0.2) is 34.2 Å². The smallest absolute Gasteiger partial charge is 0.326 e. The molecule has 7 heteroatoms.